The van der Waals surface area contributed by atoms with E-state index in [1.807, 2.05) is 20.9 Å². The van der Waals surface area contributed by atoms with Crippen LogP contribution in [0.2, 0.25) is 0 Å². The summed E-state index contributed by atoms with van der Waals surface area (Å²) in [7, 11) is 3.47. The number of rotatable bonds is 7. The molecule has 1 amide bonds. The molecule has 0 saturated carbocycles. The zero-order chi connectivity index (χ0) is 20.4. The third-order valence-electron chi connectivity index (χ3n) is 4.91. The summed E-state index contributed by atoms with van der Waals surface area (Å²) in [5.74, 6) is -0.00110. The Morgan fingerprint density at radius 1 is 1.32 bits per heavy atom. The van der Waals surface area contributed by atoms with Crippen LogP contribution in [0.3, 0.4) is 0 Å². The van der Waals surface area contributed by atoms with Crippen molar-refractivity contribution in [2.45, 2.75) is 40.3 Å². The molecule has 0 spiro atoms. The largest absolute Gasteiger partial charge is 0.442 e. The molecular weight excluding hydrogens is 362 g/mol. The molecule has 3 heterocycles. The molecule has 0 radical (unpaired) electrons. The van der Waals surface area contributed by atoms with Gasteiger partial charge in [0, 0.05) is 45.1 Å². The zero-order valence-corrected chi connectivity index (χ0v) is 16.8. The van der Waals surface area contributed by atoms with Crippen LogP contribution in [0.4, 0.5) is 0 Å². The van der Waals surface area contributed by atoms with Crippen molar-refractivity contribution in [1.82, 2.24) is 24.6 Å². The van der Waals surface area contributed by atoms with Gasteiger partial charge in [-0.1, -0.05) is 0 Å². The molecule has 9 heteroatoms. The molecule has 0 bridgehead atoms. The highest BCUT2D eigenvalue weighted by Crippen LogP contribution is 2.21. The van der Waals surface area contributed by atoms with E-state index in [0.29, 0.717) is 31.9 Å². The number of hydrogen-bond acceptors (Lipinski definition) is 6. The van der Waals surface area contributed by atoms with Gasteiger partial charge in [-0.25, -0.2) is 4.98 Å². The lowest BCUT2D eigenvalue weighted by atomic mass is 10.1. The Morgan fingerprint density at radius 2 is 2.07 bits per heavy atom. The maximum Gasteiger partial charge on any atom is 0.265 e. The van der Waals surface area contributed by atoms with Crippen molar-refractivity contribution >= 4 is 17.0 Å². The van der Waals surface area contributed by atoms with E-state index in [9.17, 15) is 9.59 Å². The highest BCUT2D eigenvalue weighted by molar-refractivity contribution is 6.06. The number of methoxy groups -OCH3 is 1. The number of nitrogens with one attached hydrogen (secondary N) is 1. The van der Waals surface area contributed by atoms with Crippen molar-refractivity contribution in [2.24, 2.45) is 7.05 Å². The molecule has 3 aromatic heterocycles. The minimum absolute atomic E-state index is 0.171. The first-order valence-corrected chi connectivity index (χ1v) is 9.09. The second-order valence-electron chi connectivity index (χ2n) is 6.76. The van der Waals surface area contributed by atoms with E-state index in [1.54, 1.807) is 18.7 Å². The maximum absolute atomic E-state index is 12.9. The van der Waals surface area contributed by atoms with Crippen LogP contribution in [0.15, 0.2) is 15.5 Å². The Morgan fingerprint density at radius 3 is 2.71 bits per heavy atom. The fourth-order valence-corrected chi connectivity index (χ4v) is 3.28. The number of ether oxygens (including phenoxy) is 1. The number of aromatic nitrogens is 4. The lowest BCUT2D eigenvalue weighted by molar-refractivity contribution is 0.0950. The van der Waals surface area contributed by atoms with Gasteiger partial charge < -0.3 is 14.5 Å². The predicted octanol–water partition coefficient (Wildman–Crippen LogP) is 1.61. The Bertz CT molecular complexity index is 1080. The van der Waals surface area contributed by atoms with Gasteiger partial charge in [0.15, 0.2) is 0 Å². The van der Waals surface area contributed by atoms with Crippen LogP contribution in [0.25, 0.3) is 11.1 Å². The Hall–Kier alpha value is -2.94. The standard InChI is InChI=1S/C19H25N5O4/c1-11-14(12(2)23(4)22-11)9-20-17(25)15-13(3)28-18-16(15)19(26)24(10-21-18)7-6-8-27-5/h10H,6-9H2,1-5H3,(H,20,25). The number of nitrogens with zero attached hydrogens (tertiary/aromatic N) is 4. The van der Waals surface area contributed by atoms with Crippen LogP contribution in [-0.4, -0.2) is 39.0 Å². The van der Waals surface area contributed by atoms with Gasteiger partial charge in [0.25, 0.3) is 11.5 Å². The number of hydrogen-bond donors (Lipinski definition) is 1. The highest BCUT2D eigenvalue weighted by atomic mass is 16.5. The van der Waals surface area contributed by atoms with E-state index in [2.05, 4.69) is 15.4 Å². The molecule has 0 aliphatic rings. The van der Waals surface area contributed by atoms with Gasteiger partial charge >= 0.3 is 0 Å². The molecule has 3 rings (SSSR count). The number of furan rings is 1. The summed E-state index contributed by atoms with van der Waals surface area (Å²) in [6.45, 7) is 6.81. The predicted molar refractivity (Wildman–Crippen MR) is 103 cm³/mol. The molecule has 0 fully saturated rings. The first kappa shape index (κ1) is 19.8. The number of aryl methyl sites for hydroxylation is 4. The lowest BCUT2D eigenvalue weighted by Crippen LogP contribution is -2.27. The van der Waals surface area contributed by atoms with E-state index in [1.165, 1.54) is 10.9 Å². The molecule has 0 aromatic carbocycles. The molecule has 9 nitrogen and oxygen atoms in total. The molecule has 0 aliphatic carbocycles. The monoisotopic (exact) mass is 387 g/mol. The fraction of sp³-hybridized carbons (Fsp3) is 0.474. The minimum Gasteiger partial charge on any atom is -0.442 e. The fourth-order valence-electron chi connectivity index (χ4n) is 3.28. The summed E-state index contributed by atoms with van der Waals surface area (Å²) in [6.07, 6.45) is 2.11. The average molecular weight is 387 g/mol. The van der Waals surface area contributed by atoms with Gasteiger partial charge in [0.05, 0.1) is 11.3 Å². The van der Waals surface area contributed by atoms with E-state index in [-0.39, 0.29) is 28.1 Å². The van der Waals surface area contributed by atoms with Gasteiger partial charge in [-0.3, -0.25) is 18.8 Å². The quantitative estimate of drug-likeness (QED) is 0.618. The number of fused-ring (bicyclic) bond motifs is 1. The van der Waals surface area contributed by atoms with E-state index in [0.717, 1.165) is 17.0 Å². The van der Waals surface area contributed by atoms with Crippen molar-refractivity contribution in [3.63, 3.8) is 0 Å². The average Bonchev–Trinajstić information content (AvgIpc) is 3.11. The molecule has 150 valence electrons. The highest BCUT2D eigenvalue weighted by Gasteiger charge is 2.23. The summed E-state index contributed by atoms with van der Waals surface area (Å²) in [5, 5.41) is 7.44. The smallest absolute Gasteiger partial charge is 0.265 e. The van der Waals surface area contributed by atoms with Crippen LogP contribution >= 0.6 is 0 Å². The number of carbonyl (C=O) groups excluding carboxylic acids is 1. The van der Waals surface area contributed by atoms with Crippen LogP contribution in [-0.2, 0) is 24.9 Å². The van der Waals surface area contributed by atoms with Crippen LogP contribution in [0.1, 0.15) is 39.5 Å². The van der Waals surface area contributed by atoms with E-state index >= 15 is 0 Å². The van der Waals surface area contributed by atoms with Crippen molar-refractivity contribution in [1.29, 1.82) is 0 Å². The third-order valence-corrected chi connectivity index (χ3v) is 4.91. The van der Waals surface area contributed by atoms with Crippen molar-refractivity contribution in [3.05, 3.63) is 45.0 Å². The molecule has 3 aromatic rings. The molecule has 0 atom stereocenters. The van der Waals surface area contributed by atoms with Crippen LogP contribution in [0.5, 0.6) is 0 Å². The minimum atomic E-state index is -0.368. The maximum atomic E-state index is 12.9. The molecule has 0 unspecified atom stereocenters. The van der Waals surface area contributed by atoms with Crippen molar-refractivity contribution < 1.29 is 13.9 Å². The summed E-state index contributed by atoms with van der Waals surface area (Å²) in [5.41, 5.74) is 2.90. The summed E-state index contributed by atoms with van der Waals surface area (Å²) >= 11 is 0. The molecule has 1 N–H and O–H groups in total. The van der Waals surface area contributed by atoms with Crippen LogP contribution in [0, 0.1) is 20.8 Å². The SMILES string of the molecule is COCCCn1cnc2oc(C)c(C(=O)NCc3c(C)nn(C)c3C)c2c1=O. The van der Waals surface area contributed by atoms with Gasteiger partial charge in [-0.2, -0.15) is 5.10 Å². The zero-order valence-electron chi connectivity index (χ0n) is 16.8. The molecule has 0 aliphatic heterocycles. The lowest BCUT2D eigenvalue weighted by Gasteiger charge is -2.07. The van der Waals surface area contributed by atoms with Gasteiger partial charge in [0.1, 0.15) is 17.5 Å². The Labute approximate surface area is 162 Å². The molecule has 28 heavy (non-hydrogen) atoms. The number of amides is 1. The third kappa shape index (κ3) is 3.57. The first-order valence-electron chi connectivity index (χ1n) is 9.09. The second kappa shape index (κ2) is 7.97. The Kier molecular flexibility index (Phi) is 5.64. The number of carbonyl (C=O) groups is 1. The normalized spacial score (nSPS) is 11.3. The summed E-state index contributed by atoms with van der Waals surface area (Å²) in [4.78, 5) is 29.9. The van der Waals surface area contributed by atoms with Gasteiger partial charge in [-0.15, -0.1) is 0 Å². The van der Waals surface area contributed by atoms with Crippen LogP contribution < -0.4 is 10.9 Å². The van der Waals surface area contributed by atoms with Gasteiger partial charge in [-0.05, 0) is 27.2 Å². The molecular formula is C19H25N5O4. The van der Waals surface area contributed by atoms with Gasteiger partial charge in [0.2, 0.25) is 5.71 Å². The topological polar surface area (TPSA) is 104 Å². The first-order chi connectivity index (χ1) is 13.3. The second-order valence-corrected chi connectivity index (χ2v) is 6.76. The Balaban J connectivity index is 1.90. The summed E-state index contributed by atoms with van der Waals surface area (Å²) < 4.78 is 13.8. The van der Waals surface area contributed by atoms with E-state index < -0.39 is 0 Å². The molecule has 0 saturated heterocycles. The van der Waals surface area contributed by atoms with Crippen molar-refractivity contribution in [3.8, 4) is 0 Å². The summed E-state index contributed by atoms with van der Waals surface area (Å²) in [6, 6.07) is 0. The van der Waals surface area contributed by atoms with Crippen molar-refractivity contribution in [2.75, 3.05) is 13.7 Å². The van der Waals surface area contributed by atoms with E-state index in [4.69, 9.17) is 9.15 Å².